The van der Waals surface area contributed by atoms with Crippen LogP contribution in [0.2, 0.25) is 0 Å². The van der Waals surface area contributed by atoms with E-state index in [1.54, 1.807) is 13.0 Å². The fourth-order valence-corrected chi connectivity index (χ4v) is 4.15. The van der Waals surface area contributed by atoms with Gasteiger partial charge in [-0.25, -0.2) is 8.42 Å². The minimum Gasteiger partial charge on any atom is -0.461 e. The number of hydrogen-bond acceptors (Lipinski definition) is 5. The van der Waals surface area contributed by atoms with Gasteiger partial charge in [0.25, 0.3) is 0 Å². The highest BCUT2D eigenvalue weighted by atomic mass is 32.2. The predicted octanol–water partition coefficient (Wildman–Crippen LogP) is 3.74. The molecule has 2 aromatic carbocycles. The normalized spacial score (nSPS) is 11.5. The summed E-state index contributed by atoms with van der Waals surface area (Å²) in [6.07, 6.45) is 0. The fraction of sp³-hybridized carbons (Fsp3) is 0.158. The predicted molar refractivity (Wildman–Crippen MR) is 97.2 cm³/mol. The maximum absolute atomic E-state index is 12.9. The number of carbonyl (C=O) groups excluding carboxylic acids is 2. The molecule has 0 atom stereocenters. The van der Waals surface area contributed by atoms with E-state index in [9.17, 15) is 18.0 Å². The van der Waals surface area contributed by atoms with Crippen molar-refractivity contribution in [2.45, 2.75) is 30.6 Å². The molecule has 0 aliphatic carbocycles. The minimum absolute atomic E-state index is 0.0700. The van der Waals surface area contributed by atoms with Crippen LogP contribution in [0.25, 0.3) is 11.0 Å². The number of carbonyl (C=O) groups is 2. The van der Waals surface area contributed by atoms with Crippen LogP contribution in [0.15, 0.2) is 56.7 Å². The Balaban J connectivity index is 2.08. The van der Waals surface area contributed by atoms with Crippen molar-refractivity contribution in [3.63, 3.8) is 0 Å². The fourth-order valence-electron chi connectivity index (χ4n) is 2.86. The molecule has 1 aromatic heterocycles. The highest BCUT2D eigenvalue weighted by Gasteiger charge is 2.21. The Kier molecular flexibility index (Phi) is 4.41. The van der Waals surface area contributed by atoms with Crippen molar-refractivity contribution in [1.29, 1.82) is 0 Å². The lowest BCUT2D eigenvalue weighted by Gasteiger charge is -2.07. The van der Waals surface area contributed by atoms with Crippen LogP contribution in [0.4, 0.5) is 5.69 Å². The third-order valence-corrected chi connectivity index (χ3v) is 5.75. The first-order chi connectivity index (χ1) is 12.2. The topological polar surface area (TPSA) is 93.4 Å². The summed E-state index contributed by atoms with van der Waals surface area (Å²) in [6.45, 7) is 4.46. The van der Waals surface area contributed by atoms with Crippen molar-refractivity contribution >= 4 is 38.2 Å². The molecule has 3 rings (SSSR count). The van der Waals surface area contributed by atoms with Crippen LogP contribution in [-0.2, 0) is 14.6 Å². The van der Waals surface area contributed by atoms with E-state index in [0.29, 0.717) is 28.0 Å². The van der Waals surface area contributed by atoms with Gasteiger partial charge in [-0.15, -0.1) is 0 Å². The third kappa shape index (κ3) is 3.13. The number of furan rings is 1. The molecule has 7 heteroatoms. The molecule has 0 aliphatic rings. The molecule has 0 saturated heterocycles. The monoisotopic (exact) mass is 371 g/mol. The smallest absolute Gasteiger partial charge is 0.221 e. The highest BCUT2D eigenvalue weighted by Crippen LogP contribution is 2.30. The number of nitrogens with one attached hydrogen (secondary N) is 1. The molecule has 0 spiro atoms. The lowest BCUT2D eigenvalue weighted by Crippen LogP contribution is -2.06. The van der Waals surface area contributed by atoms with Crippen LogP contribution in [0.1, 0.15) is 30.0 Å². The van der Waals surface area contributed by atoms with Crippen LogP contribution in [-0.4, -0.2) is 20.1 Å². The van der Waals surface area contributed by atoms with Crippen molar-refractivity contribution in [2.75, 3.05) is 5.32 Å². The summed E-state index contributed by atoms with van der Waals surface area (Å²) in [7, 11) is -3.77. The minimum atomic E-state index is -3.77. The van der Waals surface area contributed by atoms with Crippen molar-refractivity contribution in [3.05, 3.63) is 53.8 Å². The van der Waals surface area contributed by atoms with Gasteiger partial charge in [0, 0.05) is 18.0 Å². The van der Waals surface area contributed by atoms with Gasteiger partial charge >= 0.3 is 0 Å². The molecule has 1 N–H and O–H groups in total. The first-order valence-electron chi connectivity index (χ1n) is 7.87. The van der Waals surface area contributed by atoms with Crippen molar-refractivity contribution in [3.8, 4) is 0 Å². The molecule has 26 heavy (non-hydrogen) atoms. The number of Topliss-reactive ketones (excluding diaryl/α,β-unsaturated/α-hetero) is 1. The third-order valence-electron chi connectivity index (χ3n) is 3.98. The molecule has 1 heterocycles. The standard InChI is InChI=1S/C19H17NO5S/c1-11(21)19-12(2)25-18-9-8-16(10-17(18)19)26(23,24)15-6-4-14(5-7-15)20-13(3)22/h4-10H,1-3H3,(H,20,22). The van der Waals surface area contributed by atoms with Gasteiger partial charge < -0.3 is 9.73 Å². The maximum atomic E-state index is 12.9. The Morgan fingerprint density at radius 1 is 0.962 bits per heavy atom. The van der Waals surface area contributed by atoms with E-state index >= 15 is 0 Å². The summed E-state index contributed by atoms with van der Waals surface area (Å²) in [5.74, 6) is 0.0373. The molecule has 0 radical (unpaired) electrons. The Hall–Kier alpha value is -2.93. The molecule has 0 unspecified atom stereocenters. The van der Waals surface area contributed by atoms with Crippen molar-refractivity contribution in [1.82, 2.24) is 0 Å². The van der Waals surface area contributed by atoms with Gasteiger partial charge in [-0.05, 0) is 56.3 Å². The van der Waals surface area contributed by atoms with Crippen LogP contribution in [0.5, 0.6) is 0 Å². The van der Waals surface area contributed by atoms with E-state index in [1.165, 1.54) is 50.2 Å². The number of anilines is 1. The second-order valence-corrected chi connectivity index (χ2v) is 7.91. The number of hydrogen-bond donors (Lipinski definition) is 1. The average Bonchev–Trinajstić information content (AvgIpc) is 2.89. The number of fused-ring (bicyclic) bond motifs is 1. The van der Waals surface area contributed by atoms with Crippen molar-refractivity contribution in [2.24, 2.45) is 0 Å². The quantitative estimate of drug-likeness (QED) is 0.705. The first kappa shape index (κ1) is 17.9. The van der Waals surface area contributed by atoms with E-state index in [-0.39, 0.29) is 21.5 Å². The molecule has 3 aromatic rings. The Morgan fingerprint density at radius 2 is 1.58 bits per heavy atom. The Labute approximate surface area is 150 Å². The molecule has 6 nitrogen and oxygen atoms in total. The summed E-state index contributed by atoms with van der Waals surface area (Å²) in [5.41, 5.74) is 1.36. The number of sulfone groups is 1. The van der Waals surface area contributed by atoms with Gasteiger partial charge in [0.1, 0.15) is 11.3 Å². The molecule has 0 fully saturated rings. The van der Waals surface area contributed by atoms with Gasteiger partial charge in [0.15, 0.2) is 5.78 Å². The van der Waals surface area contributed by atoms with E-state index in [0.717, 1.165) is 0 Å². The van der Waals surface area contributed by atoms with Gasteiger partial charge in [-0.2, -0.15) is 0 Å². The number of rotatable bonds is 4. The molecular formula is C19H17NO5S. The lowest BCUT2D eigenvalue weighted by molar-refractivity contribution is -0.114. The largest absolute Gasteiger partial charge is 0.461 e. The first-order valence-corrected chi connectivity index (χ1v) is 9.35. The average molecular weight is 371 g/mol. The number of amides is 1. The van der Waals surface area contributed by atoms with Crippen LogP contribution >= 0.6 is 0 Å². The van der Waals surface area contributed by atoms with E-state index in [4.69, 9.17) is 4.42 Å². The van der Waals surface area contributed by atoms with Gasteiger partial charge in [-0.3, -0.25) is 9.59 Å². The number of aryl methyl sites for hydroxylation is 1. The summed E-state index contributed by atoms with van der Waals surface area (Å²) in [6, 6.07) is 10.4. The molecule has 1 amide bonds. The van der Waals surface area contributed by atoms with Crippen molar-refractivity contribution < 1.29 is 22.4 Å². The maximum Gasteiger partial charge on any atom is 0.221 e. The Bertz CT molecular complexity index is 1120. The molecule has 134 valence electrons. The zero-order valence-corrected chi connectivity index (χ0v) is 15.3. The van der Waals surface area contributed by atoms with E-state index in [1.807, 2.05) is 0 Å². The zero-order chi connectivity index (χ0) is 19.1. The van der Waals surface area contributed by atoms with Gasteiger partial charge in [0.05, 0.1) is 15.4 Å². The number of benzene rings is 2. The summed E-state index contributed by atoms with van der Waals surface area (Å²) >= 11 is 0. The summed E-state index contributed by atoms with van der Waals surface area (Å²) < 4.78 is 31.3. The van der Waals surface area contributed by atoms with E-state index in [2.05, 4.69) is 5.32 Å². The summed E-state index contributed by atoms with van der Waals surface area (Å²) in [4.78, 5) is 23.1. The zero-order valence-electron chi connectivity index (χ0n) is 14.5. The van der Waals surface area contributed by atoms with Crippen LogP contribution in [0.3, 0.4) is 0 Å². The molecule has 0 bridgehead atoms. The van der Waals surface area contributed by atoms with Gasteiger partial charge in [-0.1, -0.05) is 0 Å². The molecule has 0 saturated carbocycles. The highest BCUT2D eigenvalue weighted by molar-refractivity contribution is 7.91. The Morgan fingerprint density at radius 3 is 2.15 bits per heavy atom. The summed E-state index contributed by atoms with van der Waals surface area (Å²) in [5, 5.41) is 3.06. The number of ketones is 1. The van der Waals surface area contributed by atoms with E-state index < -0.39 is 9.84 Å². The molecular weight excluding hydrogens is 354 g/mol. The van der Waals surface area contributed by atoms with Gasteiger partial charge in [0.2, 0.25) is 15.7 Å². The SMILES string of the molecule is CC(=O)Nc1ccc(S(=O)(=O)c2ccc3oc(C)c(C(C)=O)c3c2)cc1. The van der Waals surface area contributed by atoms with Crippen LogP contribution < -0.4 is 5.32 Å². The van der Waals surface area contributed by atoms with Crippen LogP contribution in [0, 0.1) is 6.92 Å². The molecule has 0 aliphatic heterocycles. The second-order valence-electron chi connectivity index (χ2n) is 5.96. The lowest BCUT2D eigenvalue weighted by atomic mass is 10.1. The second kappa shape index (κ2) is 6.42.